The zero-order valence-electron chi connectivity index (χ0n) is 8.53. The molecule has 0 radical (unpaired) electrons. The molecule has 0 spiro atoms. The van der Waals surface area contributed by atoms with Crippen LogP contribution in [0.5, 0.6) is 0 Å². The summed E-state index contributed by atoms with van der Waals surface area (Å²) in [7, 11) is 0. The lowest BCUT2D eigenvalue weighted by Gasteiger charge is -2.34. The first-order chi connectivity index (χ1) is 7.09. The first-order valence-electron chi connectivity index (χ1n) is 5.08. The molecule has 2 rings (SSSR count). The zero-order chi connectivity index (χ0) is 11.0. The van der Waals surface area contributed by atoms with Gasteiger partial charge in [0.25, 0.3) is 0 Å². The van der Waals surface area contributed by atoms with Crippen LogP contribution in [0.2, 0.25) is 0 Å². The maximum atomic E-state index is 12.9. The Labute approximate surface area is 87.7 Å². The van der Waals surface area contributed by atoms with Crippen molar-refractivity contribution in [2.24, 2.45) is 5.92 Å². The highest BCUT2D eigenvalue weighted by Gasteiger charge is 2.38. The molecular weight excluding hydrogens is 195 g/mol. The summed E-state index contributed by atoms with van der Waals surface area (Å²) in [5.41, 5.74) is 1.83. The van der Waals surface area contributed by atoms with Crippen molar-refractivity contribution in [1.82, 2.24) is 0 Å². The fourth-order valence-electron chi connectivity index (χ4n) is 2.22. The molecule has 0 saturated heterocycles. The predicted molar refractivity (Wildman–Crippen MR) is 54.2 cm³/mol. The summed E-state index contributed by atoms with van der Waals surface area (Å²) < 4.78 is 12.9. The lowest BCUT2D eigenvalue weighted by molar-refractivity contribution is -0.145. The van der Waals surface area contributed by atoms with Crippen LogP contribution in [-0.2, 0) is 4.79 Å². The molecule has 1 aromatic rings. The number of halogens is 1. The summed E-state index contributed by atoms with van der Waals surface area (Å²) in [4.78, 5) is 10.9. The van der Waals surface area contributed by atoms with E-state index in [0.717, 1.165) is 24.0 Å². The number of hydrogen-bond acceptors (Lipinski definition) is 1. The number of benzene rings is 1. The minimum absolute atomic E-state index is 0.0723. The van der Waals surface area contributed by atoms with E-state index in [1.54, 1.807) is 6.07 Å². The van der Waals surface area contributed by atoms with Crippen LogP contribution in [0.4, 0.5) is 4.39 Å². The first-order valence-corrected chi connectivity index (χ1v) is 5.08. The number of aryl methyl sites for hydroxylation is 1. The van der Waals surface area contributed by atoms with Crippen molar-refractivity contribution < 1.29 is 14.3 Å². The Kier molecular flexibility index (Phi) is 2.47. The average molecular weight is 208 g/mol. The van der Waals surface area contributed by atoms with Crippen LogP contribution in [-0.4, -0.2) is 11.1 Å². The van der Waals surface area contributed by atoms with E-state index in [1.807, 2.05) is 6.92 Å². The fourth-order valence-corrected chi connectivity index (χ4v) is 2.22. The number of aliphatic carboxylic acids is 1. The van der Waals surface area contributed by atoms with Gasteiger partial charge < -0.3 is 5.11 Å². The van der Waals surface area contributed by atoms with E-state index in [4.69, 9.17) is 5.11 Å². The minimum atomic E-state index is -0.741. The van der Waals surface area contributed by atoms with Crippen molar-refractivity contribution in [2.75, 3.05) is 0 Å². The number of carboxylic acid groups (broad SMARTS) is 1. The van der Waals surface area contributed by atoms with Gasteiger partial charge in [-0.25, -0.2) is 4.39 Å². The maximum absolute atomic E-state index is 12.9. The zero-order valence-corrected chi connectivity index (χ0v) is 8.53. The lowest BCUT2D eigenvalue weighted by atomic mass is 9.69. The molecule has 2 nitrogen and oxygen atoms in total. The Morgan fingerprint density at radius 1 is 1.47 bits per heavy atom. The van der Waals surface area contributed by atoms with Crippen LogP contribution >= 0.6 is 0 Å². The van der Waals surface area contributed by atoms with E-state index in [-0.39, 0.29) is 17.7 Å². The van der Waals surface area contributed by atoms with E-state index in [2.05, 4.69) is 0 Å². The Morgan fingerprint density at radius 3 is 2.67 bits per heavy atom. The quantitative estimate of drug-likeness (QED) is 0.811. The van der Waals surface area contributed by atoms with Gasteiger partial charge in [0.15, 0.2) is 0 Å². The summed E-state index contributed by atoms with van der Waals surface area (Å²) in [5, 5.41) is 8.94. The van der Waals surface area contributed by atoms with Gasteiger partial charge in [0.05, 0.1) is 5.92 Å². The van der Waals surface area contributed by atoms with Gasteiger partial charge >= 0.3 is 5.97 Å². The third-order valence-electron chi connectivity index (χ3n) is 3.22. The molecule has 1 aromatic carbocycles. The molecule has 0 heterocycles. The van der Waals surface area contributed by atoms with Gasteiger partial charge in [-0.15, -0.1) is 0 Å². The van der Waals surface area contributed by atoms with Crippen LogP contribution in [0.3, 0.4) is 0 Å². The predicted octanol–water partition coefficient (Wildman–Crippen LogP) is 2.71. The van der Waals surface area contributed by atoms with Crippen molar-refractivity contribution in [2.45, 2.75) is 25.7 Å². The molecule has 15 heavy (non-hydrogen) atoms. The molecule has 3 heteroatoms. The number of hydrogen-bond donors (Lipinski definition) is 1. The standard InChI is InChI=1S/C12H13FO2/c1-7-6-8(13)2-3-9(7)10-4-5-11(10)12(14)15/h2-3,6,10-11H,4-5H2,1H3,(H,14,15). The topological polar surface area (TPSA) is 37.3 Å². The molecule has 1 aliphatic rings. The smallest absolute Gasteiger partial charge is 0.307 e. The Morgan fingerprint density at radius 2 is 2.20 bits per heavy atom. The van der Waals surface area contributed by atoms with Crippen LogP contribution in [0, 0.1) is 18.7 Å². The second-order valence-corrected chi connectivity index (χ2v) is 4.13. The van der Waals surface area contributed by atoms with Crippen molar-refractivity contribution in [3.05, 3.63) is 35.1 Å². The third kappa shape index (κ3) is 1.74. The summed E-state index contributed by atoms with van der Waals surface area (Å²) in [5.74, 6) is -1.21. The molecule has 1 N–H and O–H groups in total. The summed E-state index contributed by atoms with van der Waals surface area (Å²) in [6, 6.07) is 4.58. The molecule has 2 unspecified atom stereocenters. The largest absolute Gasteiger partial charge is 0.481 e. The minimum Gasteiger partial charge on any atom is -0.481 e. The van der Waals surface area contributed by atoms with Crippen molar-refractivity contribution >= 4 is 5.97 Å². The molecule has 0 aliphatic heterocycles. The van der Waals surface area contributed by atoms with Crippen molar-refractivity contribution in [3.63, 3.8) is 0 Å². The summed E-state index contributed by atoms with van der Waals surface area (Å²) >= 11 is 0. The van der Waals surface area contributed by atoms with Crippen molar-refractivity contribution in [1.29, 1.82) is 0 Å². The SMILES string of the molecule is Cc1cc(F)ccc1C1CCC1C(=O)O. The Balaban J connectivity index is 2.27. The van der Waals surface area contributed by atoms with Gasteiger partial charge in [0, 0.05) is 0 Å². The van der Waals surface area contributed by atoms with Crippen LogP contribution < -0.4 is 0 Å². The van der Waals surface area contributed by atoms with Gasteiger partial charge in [-0.05, 0) is 48.9 Å². The summed E-state index contributed by atoms with van der Waals surface area (Å²) in [6.45, 7) is 1.83. The molecule has 0 aromatic heterocycles. The number of carbonyl (C=O) groups is 1. The van der Waals surface area contributed by atoms with Gasteiger partial charge in [-0.2, -0.15) is 0 Å². The van der Waals surface area contributed by atoms with Crippen LogP contribution in [0.25, 0.3) is 0 Å². The average Bonchev–Trinajstić information content (AvgIpc) is 2.06. The summed E-state index contributed by atoms with van der Waals surface area (Å²) in [6.07, 6.45) is 1.63. The second-order valence-electron chi connectivity index (χ2n) is 4.13. The lowest BCUT2D eigenvalue weighted by Crippen LogP contribution is -2.31. The van der Waals surface area contributed by atoms with Crippen molar-refractivity contribution in [3.8, 4) is 0 Å². The molecular formula is C12H13FO2. The number of carboxylic acids is 1. The number of rotatable bonds is 2. The Bertz CT molecular complexity index is 401. The molecule has 0 amide bonds. The van der Waals surface area contributed by atoms with E-state index in [9.17, 15) is 9.18 Å². The van der Waals surface area contributed by atoms with Gasteiger partial charge in [-0.3, -0.25) is 4.79 Å². The molecule has 0 bridgehead atoms. The Hall–Kier alpha value is -1.38. The van der Waals surface area contributed by atoms with Gasteiger partial charge in [0.2, 0.25) is 0 Å². The van der Waals surface area contributed by atoms with Crippen LogP contribution in [0.15, 0.2) is 18.2 Å². The second kappa shape index (κ2) is 3.65. The maximum Gasteiger partial charge on any atom is 0.307 e. The molecule has 1 fully saturated rings. The molecule has 1 aliphatic carbocycles. The first kappa shape index (κ1) is 10.1. The highest BCUT2D eigenvalue weighted by Crippen LogP contribution is 2.43. The van der Waals surface area contributed by atoms with Gasteiger partial charge in [-0.1, -0.05) is 6.07 Å². The molecule has 2 atom stereocenters. The third-order valence-corrected chi connectivity index (χ3v) is 3.22. The fraction of sp³-hybridized carbons (Fsp3) is 0.417. The molecule has 80 valence electrons. The highest BCUT2D eigenvalue weighted by molar-refractivity contribution is 5.72. The van der Waals surface area contributed by atoms with E-state index in [1.165, 1.54) is 12.1 Å². The van der Waals surface area contributed by atoms with Crippen LogP contribution in [0.1, 0.15) is 29.9 Å². The van der Waals surface area contributed by atoms with E-state index in [0.29, 0.717) is 0 Å². The normalized spacial score (nSPS) is 24.7. The molecule has 1 saturated carbocycles. The monoisotopic (exact) mass is 208 g/mol. The van der Waals surface area contributed by atoms with Gasteiger partial charge in [0.1, 0.15) is 5.82 Å². The van der Waals surface area contributed by atoms with E-state index >= 15 is 0 Å². The van der Waals surface area contributed by atoms with E-state index < -0.39 is 5.97 Å². The highest BCUT2D eigenvalue weighted by atomic mass is 19.1.